The Morgan fingerprint density at radius 1 is 0.256 bits per heavy atom. The molecule has 1 atom stereocenters. The monoisotopic (exact) mass is 1100 g/mol. The Morgan fingerprint density at radius 2 is 0.462 bits per heavy atom. The Labute approximate surface area is 486 Å². The van der Waals surface area contributed by atoms with Crippen LogP contribution in [0, 0.1) is 0 Å². The van der Waals surface area contributed by atoms with Gasteiger partial charge in [-0.1, -0.05) is 327 Å². The lowest BCUT2D eigenvalue weighted by Gasteiger charge is -2.18. The third-order valence-electron chi connectivity index (χ3n) is 15.9. The van der Waals surface area contributed by atoms with Gasteiger partial charge in [0.2, 0.25) is 0 Å². The van der Waals surface area contributed by atoms with E-state index in [0.29, 0.717) is 19.3 Å². The summed E-state index contributed by atoms with van der Waals surface area (Å²) in [6.45, 7) is 6.66. The number of carbonyl (C=O) groups is 3. The summed E-state index contributed by atoms with van der Waals surface area (Å²) in [6, 6.07) is 0. The van der Waals surface area contributed by atoms with Gasteiger partial charge in [-0.05, 0) is 77.0 Å². The van der Waals surface area contributed by atoms with Crippen molar-refractivity contribution in [2.24, 2.45) is 0 Å². The number of allylic oxidation sites excluding steroid dienone is 6. The minimum Gasteiger partial charge on any atom is -0.462 e. The highest BCUT2D eigenvalue weighted by Gasteiger charge is 2.19. The van der Waals surface area contributed by atoms with Crippen LogP contribution in [0.1, 0.15) is 387 Å². The quantitative estimate of drug-likeness (QED) is 0.0261. The molecule has 0 aromatic carbocycles. The minimum atomic E-state index is -0.779. The smallest absolute Gasteiger partial charge is 0.306 e. The molecule has 0 aliphatic carbocycles. The topological polar surface area (TPSA) is 78.9 Å². The van der Waals surface area contributed by atoms with E-state index in [-0.39, 0.29) is 31.1 Å². The highest BCUT2D eigenvalue weighted by molar-refractivity contribution is 5.71. The van der Waals surface area contributed by atoms with Crippen LogP contribution < -0.4 is 0 Å². The predicted octanol–water partition coefficient (Wildman–Crippen LogP) is 23.9. The average molecular weight is 1100 g/mol. The summed E-state index contributed by atoms with van der Waals surface area (Å²) in [7, 11) is 0. The molecule has 0 aliphatic heterocycles. The van der Waals surface area contributed by atoms with Gasteiger partial charge in [0.25, 0.3) is 0 Å². The highest BCUT2D eigenvalue weighted by atomic mass is 16.6. The van der Waals surface area contributed by atoms with Crippen molar-refractivity contribution in [1.29, 1.82) is 0 Å². The first kappa shape index (κ1) is 75.6. The summed E-state index contributed by atoms with van der Waals surface area (Å²) in [4.78, 5) is 38.4. The van der Waals surface area contributed by atoms with Gasteiger partial charge in [-0.25, -0.2) is 0 Å². The van der Waals surface area contributed by atoms with Gasteiger partial charge in [-0.15, -0.1) is 0 Å². The molecule has 0 aromatic heterocycles. The Kier molecular flexibility index (Phi) is 65.1. The van der Waals surface area contributed by atoms with E-state index in [1.54, 1.807) is 0 Å². The van der Waals surface area contributed by atoms with Gasteiger partial charge in [0, 0.05) is 19.3 Å². The van der Waals surface area contributed by atoms with Crippen LogP contribution in [0.15, 0.2) is 36.5 Å². The zero-order valence-corrected chi connectivity index (χ0v) is 52.7. The summed E-state index contributed by atoms with van der Waals surface area (Å²) < 4.78 is 17.0. The van der Waals surface area contributed by atoms with Crippen LogP contribution >= 0.6 is 0 Å². The zero-order chi connectivity index (χ0) is 56.4. The lowest BCUT2D eigenvalue weighted by Crippen LogP contribution is -2.30. The number of ether oxygens (including phenoxy) is 3. The molecule has 0 aromatic rings. The van der Waals surface area contributed by atoms with Crippen LogP contribution in [0.3, 0.4) is 0 Å². The second-order valence-electron chi connectivity index (χ2n) is 23.8. The van der Waals surface area contributed by atoms with E-state index in [2.05, 4.69) is 57.2 Å². The number of hydrogen-bond donors (Lipinski definition) is 0. The molecule has 1 unspecified atom stereocenters. The lowest BCUT2D eigenvalue weighted by atomic mass is 10.0. The van der Waals surface area contributed by atoms with Gasteiger partial charge >= 0.3 is 17.9 Å². The molecule has 458 valence electrons. The first-order valence-corrected chi connectivity index (χ1v) is 35.0. The van der Waals surface area contributed by atoms with Crippen molar-refractivity contribution in [2.75, 3.05) is 13.2 Å². The first-order valence-electron chi connectivity index (χ1n) is 35.0. The van der Waals surface area contributed by atoms with E-state index in [0.717, 1.165) is 77.0 Å². The zero-order valence-electron chi connectivity index (χ0n) is 52.7. The Morgan fingerprint density at radius 3 is 0.744 bits per heavy atom. The summed E-state index contributed by atoms with van der Waals surface area (Å²) in [5.74, 6) is -0.867. The van der Waals surface area contributed by atoms with E-state index in [4.69, 9.17) is 14.2 Å². The molecule has 0 rings (SSSR count). The van der Waals surface area contributed by atoms with Gasteiger partial charge in [0.15, 0.2) is 6.10 Å². The van der Waals surface area contributed by atoms with Crippen LogP contribution in [0.25, 0.3) is 0 Å². The van der Waals surface area contributed by atoms with Gasteiger partial charge in [-0.2, -0.15) is 0 Å². The van der Waals surface area contributed by atoms with Gasteiger partial charge in [0.1, 0.15) is 13.2 Å². The third-order valence-corrected chi connectivity index (χ3v) is 15.9. The summed E-state index contributed by atoms with van der Waals surface area (Å²) in [5.41, 5.74) is 0. The molecule has 78 heavy (non-hydrogen) atoms. The highest BCUT2D eigenvalue weighted by Crippen LogP contribution is 2.18. The summed E-state index contributed by atoms with van der Waals surface area (Å²) >= 11 is 0. The molecular weight excluding hydrogens is 961 g/mol. The molecule has 6 nitrogen and oxygen atoms in total. The maximum Gasteiger partial charge on any atom is 0.306 e. The van der Waals surface area contributed by atoms with Crippen LogP contribution in [-0.4, -0.2) is 37.2 Å². The molecular formula is C72H134O6. The maximum atomic E-state index is 12.9. The molecule has 0 radical (unpaired) electrons. The standard InChI is InChI=1S/C72H134O6/c1-4-7-10-13-16-19-22-25-28-30-31-32-33-34-35-36-37-38-39-40-42-44-47-50-53-56-59-62-65-71(74)77-68-69(67-76-70(73)64-61-58-55-52-49-46-43-27-24-21-18-15-12-9-6-3)78-72(75)66-63-60-57-54-51-48-45-41-29-26-23-20-17-14-11-8-5-2/h18,21,26-27,29,43,69H,4-17,19-20,22-25,28,30-42,44-68H2,1-3H3/b21-18-,29-26-,43-27-. The fraction of sp³-hybridized carbons (Fsp3) is 0.875. The van der Waals surface area contributed by atoms with E-state index in [1.165, 1.54) is 270 Å². The minimum absolute atomic E-state index is 0.0741. The number of hydrogen-bond acceptors (Lipinski definition) is 6. The number of carbonyl (C=O) groups excluding carboxylic acids is 3. The average Bonchev–Trinajstić information content (AvgIpc) is 3.44. The fourth-order valence-corrected chi connectivity index (χ4v) is 10.6. The third kappa shape index (κ3) is 64.5. The van der Waals surface area contributed by atoms with Crippen molar-refractivity contribution >= 4 is 17.9 Å². The molecule has 0 N–H and O–H groups in total. The van der Waals surface area contributed by atoms with Crippen LogP contribution in [0.5, 0.6) is 0 Å². The Bertz CT molecular complexity index is 1300. The second kappa shape index (κ2) is 67.1. The molecule has 0 heterocycles. The van der Waals surface area contributed by atoms with Crippen molar-refractivity contribution < 1.29 is 28.6 Å². The maximum absolute atomic E-state index is 12.9. The van der Waals surface area contributed by atoms with Crippen molar-refractivity contribution in [1.82, 2.24) is 0 Å². The summed E-state index contributed by atoms with van der Waals surface area (Å²) in [6.07, 6.45) is 83.2. The number of esters is 3. The molecule has 0 saturated heterocycles. The van der Waals surface area contributed by atoms with E-state index in [9.17, 15) is 14.4 Å². The number of unbranched alkanes of at least 4 members (excludes halogenated alkanes) is 48. The summed E-state index contributed by atoms with van der Waals surface area (Å²) in [5, 5.41) is 0. The fourth-order valence-electron chi connectivity index (χ4n) is 10.6. The van der Waals surface area contributed by atoms with Crippen molar-refractivity contribution in [3.8, 4) is 0 Å². The van der Waals surface area contributed by atoms with Gasteiger partial charge in [-0.3, -0.25) is 14.4 Å². The molecule has 6 heteroatoms. The molecule has 0 saturated carbocycles. The molecule has 0 bridgehead atoms. The van der Waals surface area contributed by atoms with Crippen LogP contribution in [-0.2, 0) is 28.6 Å². The molecule has 0 aliphatic rings. The van der Waals surface area contributed by atoms with Crippen molar-refractivity contribution in [3.63, 3.8) is 0 Å². The Hall–Kier alpha value is -2.37. The van der Waals surface area contributed by atoms with Gasteiger partial charge < -0.3 is 14.2 Å². The van der Waals surface area contributed by atoms with Gasteiger partial charge in [0.05, 0.1) is 0 Å². The van der Waals surface area contributed by atoms with E-state index in [1.807, 2.05) is 0 Å². The van der Waals surface area contributed by atoms with Crippen LogP contribution in [0.4, 0.5) is 0 Å². The molecule has 0 spiro atoms. The molecule has 0 fully saturated rings. The van der Waals surface area contributed by atoms with Crippen molar-refractivity contribution in [2.45, 2.75) is 393 Å². The van der Waals surface area contributed by atoms with Crippen molar-refractivity contribution in [3.05, 3.63) is 36.5 Å². The normalized spacial score (nSPS) is 12.2. The number of rotatable bonds is 65. The molecule has 0 amide bonds. The SMILES string of the molecule is CCCCC/C=C\C/C=C\CCCCCCCC(=O)OCC(COC(=O)CCCCCCCCCCCCCCCCCCCCCCCCCCCCCC)OC(=O)CCCCCCCCC/C=C\CCCCCCCC. The second-order valence-corrected chi connectivity index (χ2v) is 23.8. The van der Waals surface area contributed by atoms with E-state index >= 15 is 0 Å². The van der Waals surface area contributed by atoms with E-state index < -0.39 is 6.10 Å². The Balaban J connectivity index is 4.21. The largest absolute Gasteiger partial charge is 0.462 e. The first-order chi connectivity index (χ1) is 38.5. The lowest BCUT2D eigenvalue weighted by molar-refractivity contribution is -0.167. The van der Waals surface area contributed by atoms with Crippen LogP contribution in [0.2, 0.25) is 0 Å². The predicted molar refractivity (Wildman–Crippen MR) is 339 cm³/mol.